The van der Waals surface area contributed by atoms with Crippen molar-refractivity contribution in [2.45, 2.75) is 57.6 Å². The summed E-state index contributed by atoms with van der Waals surface area (Å²) in [5.41, 5.74) is 5.82. The average molecular weight is 254 g/mol. The van der Waals surface area contributed by atoms with Crippen LogP contribution in [0, 0.1) is 5.92 Å². The van der Waals surface area contributed by atoms with Gasteiger partial charge >= 0.3 is 0 Å². The second-order valence-corrected chi connectivity index (χ2v) is 5.68. The van der Waals surface area contributed by atoms with Gasteiger partial charge in [0.05, 0.1) is 6.10 Å². The lowest BCUT2D eigenvalue weighted by molar-refractivity contribution is -0.136. The summed E-state index contributed by atoms with van der Waals surface area (Å²) >= 11 is 0. The molecule has 0 spiro atoms. The average Bonchev–Trinajstić information content (AvgIpc) is 2.88. The molecule has 0 aromatic rings. The minimum absolute atomic E-state index is 0.246. The van der Waals surface area contributed by atoms with Crippen molar-refractivity contribution in [1.82, 2.24) is 4.90 Å². The normalized spacial score (nSPS) is 32.8. The summed E-state index contributed by atoms with van der Waals surface area (Å²) in [6.45, 7) is 4.55. The van der Waals surface area contributed by atoms with Gasteiger partial charge in [-0.3, -0.25) is 4.79 Å². The van der Waals surface area contributed by atoms with Gasteiger partial charge in [-0.1, -0.05) is 6.92 Å². The highest BCUT2D eigenvalue weighted by Crippen LogP contribution is 2.24. The number of rotatable bonds is 4. The topological polar surface area (TPSA) is 55.6 Å². The molecular weight excluding hydrogens is 228 g/mol. The zero-order valence-electron chi connectivity index (χ0n) is 11.4. The van der Waals surface area contributed by atoms with E-state index in [1.165, 1.54) is 6.42 Å². The molecule has 0 saturated carbocycles. The van der Waals surface area contributed by atoms with Crippen molar-refractivity contribution >= 4 is 5.91 Å². The number of likely N-dealkylation sites (tertiary alicyclic amines) is 1. The highest BCUT2D eigenvalue weighted by atomic mass is 16.5. The predicted octanol–water partition coefficient (Wildman–Crippen LogP) is 1.53. The highest BCUT2D eigenvalue weighted by Gasteiger charge is 2.30. The summed E-state index contributed by atoms with van der Waals surface area (Å²) in [6, 6.07) is 0.246. The van der Waals surface area contributed by atoms with E-state index < -0.39 is 0 Å². The number of ether oxygens (including phenoxy) is 1. The lowest BCUT2D eigenvalue weighted by atomic mass is 9.90. The fourth-order valence-corrected chi connectivity index (χ4v) is 3.22. The highest BCUT2D eigenvalue weighted by molar-refractivity contribution is 5.76. The molecule has 3 unspecified atom stereocenters. The molecule has 2 rings (SSSR count). The van der Waals surface area contributed by atoms with Gasteiger partial charge in [0.15, 0.2) is 0 Å². The molecule has 2 heterocycles. The first-order chi connectivity index (χ1) is 8.72. The Morgan fingerprint density at radius 1 is 1.39 bits per heavy atom. The SMILES string of the molecule is CC1CCCN(C(=O)CCC2CCCO2)C1CN. The van der Waals surface area contributed by atoms with E-state index in [1.54, 1.807) is 0 Å². The zero-order valence-corrected chi connectivity index (χ0v) is 11.4. The number of carbonyl (C=O) groups excluding carboxylic acids is 1. The van der Waals surface area contributed by atoms with Crippen LogP contribution < -0.4 is 5.73 Å². The van der Waals surface area contributed by atoms with Crippen LogP contribution in [0.1, 0.15) is 45.4 Å². The Bertz CT molecular complexity index is 277. The monoisotopic (exact) mass is 254 g/mol. The lowest BCUT2D eigenvalue weighted by Crippen LogP contribution is -2.51. The van der Waals surface area contributed by atoms with E-state index >= 15 is 0 Å². The van der Waals surface area contributed by atoms with E-state index in [2.05, 4.69) is 6.92 Å². The minimum atomic E-state index is 0.246. The Balaban J connectivity index is 1.82. The van der Waals surface area contributed by atoms with Gasteiger partial charge in [0.2, 0.25) is 5.91 Å². The molecular formula is C14H26N2O2. The number of nitrogens with two attached hydrogens (primary N) is 1. The van der Waals surface area contributed by atoms with Crippen molar-refractivity contribution in [1.29, 1.82) is 0 Å². The molecule has 0 aliphatic carbocycles. The fourth-order valence-electron chi connectivity index (χ4n) is 3.22. The molecule has 0 radical (unpaired) electrons. The largest absolute Gasteiger partial charge is 0.378 e. The second-order valence-electron chi connectivity index (χ2n) is 5.68. The Labute approximate surface area is 110 Å². The first kappa shape index (κ1) is 13.8. The Morgan fingerprint density at radius 2 is 2.22 bits per heavy atom. The molecule has 4 nitrogen and oxygen atoms in total. The first-order valence-electron chi connectivity index (χ1n) is 7.33. The van der Waals surface area contributed by atoms with Crippen molar-refractivity contribution in [2.24, 2.45) is 11.7 Å². The van der Waals surface area contributed by atoms with Crippen LogP contribution >= 0.6 is 0 Å². The smallest absolute Gasteiger partial charge is 0.222 e. The van der Waals surface area contributed by atoms with Gasteiger partial charge in [-0.05, 0) is 38.0 Å². The standard InChI is InChI=1S/C14H26N2O2/c1-11-4-2-8-16(13(11)10-15)14(17)7-6-12-5-3-9-18-12/h11-13H,2-10,15H2,1H3. The molecule has 0 aromatic heterocycles. The van der Waals surface area contributed by atoms with Crippen LogP contribution in [0.15, 0.2) is 0 Å². The van der Waals surface area contributed by atoms with Gasteiger partial charge in [0.1, 0.15) is 0 Å². The molecule has 0 bridgehead atoms. The maximum Gasteiger partial charge on any atom is 0.222 e. The van der Waals surface area contributed by atoms with Gasteiger partial charge in [0.25, 0.3) is 0 Å². The third-order valence-corrected chi connectivity index (χ3v) is 4.38. The number of hydrogen-bond donors (Lipinski definition) is 1. The van der Waals surface area contributed by atoms with E-state index in [1.807, 2.05) is 4.90 Å². The van der Waals surface area contributed by atoms with Crippen LogP contribution in [-0.2, 0) is 9.53 Å². The third-order valence-electron chi connectivity index (χ3n) is 4.38. The molecule has 2 aliphatic rings. The molecule has 2 N–H and O–H groups in total. The summed E-state index contributed by atoms with van der Waals surface area (Å²) in [5.74, 6) is 0.808. The van der Waals surface area contributed by atoms with E-state index in [0.717, 1.165) is 38.8 Å². The summed E-state index contributed by atoms with van der Waals surface area (Å²) in [4.78, 5) is 14.3. The third kappa shape index (κ3) is 3.23. The van der Waals surface area contributed by atoms with Crippen molar-refractivity contribution in [3.63, 3.8) is 0 Å². The molecule has 1 amide bonds. The quantitative estimate of drug-likeness (QED) is 0.828. The number of amides is 1. The van der Waals surface area contributed by atoms with E-state index in [9.17, 15) is 4.79 Å². The van der Waals surface area contributed by atoms with Gasteiger partial charge in [-0.15, -0.1) is 0 Å². The Kier molecular flexibility index (Phi) is 5.01. The molecule has 4 heteroatoms. The number of nitrogens with zero attached hydrogens (tertiary/aromatic N) is 1. The summed E-state index contributed by atoms with van der Waals surface area (Å²) in [5, 5.41) is 0. The van der Waals surface area contributed by atoms with Gasteiger partial charge in [0, 0.05) is 32.2 Å². The van der Waals surface area contributed by atoms with Crippen molar-refractivity contribution in [3.05, 3.63) is 0 Å². The zero-order chi connectivity index (χ0) is 13.0. The minimum Gasteiger partial charge on any atom is -0.378 e. The molecule has 0 aromatic carbocycles. The lowest BCUT2D eigenvalue weighted by Gasteiger charge is -2.39. The van der Waals surface area contributed by atoms with Crippen molar-refractivity contribution < 1.29 is 9.53 Å². The number of piperidine rings is 1. The van der Waals surface area contributed by atoms with Crippen LogP contribution in [0.25, 0.3) is 0 Å². The Morgan fingerprint density at radius 3 is 2.89 bits per heavy atom. The van der Waals surface area contributed by atoms with E-state index in [0.29, 0.717) is 25.0 Å². The molecule has 3 atom stereocenters. The molecule has 104 valence electrons. The van der Waals surface area contributed by atoms with E-state index in [4.69, 9.17) is 10.5 Å². The molecule has 2 aliphatic heterocycles. The van der Waals surface area contributed by atoms with Gasteiger partial charge < -0.3 is 15.4 Å². The summed E-state index contributed by atoms with van der Waals surface area (Å²) in [7, 11) is 0. The second kappa shape index (κ2) is 6.53. The molecule has 2 fully saturated rings. The maximum absolute atomic E-state index is 12.3. The maximum atomic E-state index is 12.3. The van der Waals surface area contributed by atoms with Crippen LogP contribution in [-0.4, -0.2) is 42.6 Å². The van der Waals surface area contributed by atoms with Crippen LogP contribution in [0.4, 0.5) is 0 Å². The Hall–Kier alpha value is -0.610. The summed E-state index contributed by atoms with van der Waals surface area (Å²) < 4.78 is 5.57. The fraction of sp³-hybridized carbons (Fsp3) is 0.929. The number of hydrogen-bond acceptors (Lipinski definition) is 3. The van der Waals surface area contributed by atoms with Gasteiger partial charge in [-0.2, -0.15) is 0 Å². The predicted molar refractivity (Wildman–Crippen MR) is 71.2 cm³/mol. The number of carbonyl (C=O) groups is 1. The molecule has 2 saturated heterocycles. The summed E-state index contributed by atoms with van der Waals surface area (Å²) in [6.07, 6.45) is 6.37. The van der Waals surface area contributed by atoms with Crippen LogP contribution in [0.5, 0.6) is 0 Å². The van der Waals surface area contributed by atoms with Crippen molar-refractivity contribution in [3.8, 4) is 0 Å². The van der Waals surface area contributed by atoms with Crippen molar-refractivity contribution in [2.75, 3.05) is 19.7 Å². The van der Waals surface area contributed by atoms with Crippen LogP contribution in [0.3, 0.4) is 0 Å². The van der Waals surface area contributed by atoms with Crippen LogP contribution in [0.2, 0.25) is 0 Å². The van der Waals surface area contributed by atoms with Gasteiger partial charge in [-0.25, -0.2) is 0 Å². The molecule has 18 heavy (non-hydrogen) atoms. The first-order valence-corrected chi connectivity index (χ1v) is 7.33. The van der Waals surface area contributed by atoms with E-state index in [-0.39, 0.29) is 11.9 Å².